The largest absolute Gasteiger partial charge is 0.179 e. The first kappa shape index (κ1) is 18.1. The van der Waals surface area contributed by atoms with Crippen LogP contribution in [0.25, 0.3) is 0 Å². The van der Waals surface area contributed by atoms with Crippen LogP contribution in [0.15, 0.2) is 0 Å². The Hall–Kier alpha value is 2.10. The van der Waals surface area contributed by atoms with Crippen molar-refractivity contribution in [3.05, 3.63) is 0 Å². The Morgan fingerprint density at radius 2 is 1.69 bits per heavy atom. The van der Waals surface area contributed by atoms with E-state index in [0.29, 0.717) is 10.5 Å². The molecule has 0 radical (unpaired) electrons. The topological polar surface area (TPSA) is 0 Å². The fourth-order valence-electron chi connectivity index (χ4n) is 0.949. The van der Waals surface area contributed by atoms with E-state index in [9.17, 15) is 0 Å². The van der Waals surface area contributed by atoms with Crippen molar-refractivity contribution in [1.29, 1.82) is 0 Å². The molecule has 0 nitrogen and oxygen atoms in total. The van der Waals surface area contributed by atoms with Gasteiger partial charge in [-0.05, 0) is 5.75 Å². The molecule has 0 N–H and O–H groups in total. The van der Waals surface area contributed by atoms with Gasteiger partial charge in [0, 0.05) is 45.0 Å². The van der Waals surface area contributed by atoms with Crippen LogP contribution in [0.5, 0.6) is 0 Å². The van der Waals surface area contributed by atoms with Crippen LogP contribution >= 0.6 is 73.2 Å². The first-order valence-corrected chi connectivity index (χ1v) is 10.5. The van der Waals surface area contributed by atoms with Crippen molar-refractivity contribution in [1.82, 2.24) is 0 Å². The molecule has 16 heavy (non-hydrogen) atoms. The third-order valence-corrected chi connectivity index (χ3v) is 7.87. The molecule has 0 aromatic carbocycles. The lowest BCUT2D eigenvalue weighted by Crippen LogP contribution is -2.10. The number of thiol groups is 3. The highest BCUT2D eigenvalue weighted by atomic mass is 32.2. The lowest BCUT2D eigenvalue weighted by atomic mass is 10.5. The summed E-state index contributed by atoms with van der Waals surface area (Å²) in [6.07, 6.45) is 0. The monoisotopic (exact) mass is 334 g/mol. The third kappa shape index (κ3) is 11.2. The highest BCUT2D eigenvalue weighted by Gasteiger charge is 2.07. The van der Waals surface area contributed by atoms with E-state index in [0.717, 1.165) is 23.0 Å². The quantitative estimate of drug-likeness (QED) is 0.389. The fraction of sp³-hybridized carbons (Fsp3) is 1.00. The van der Waals surface area contributed by atoms with Gasteiger partial charge in [0.25, 0.3) is 0 Å². The highest BCUT2D eigenvalue weighted by Crippen LogP contribution is 2.20. The summed E-state index contributed by atoms with van der Waals surface area (Å²) in [7, 11) is 0. The maximum Gasteiger partial charge on any atom is 0.0226 e. The molecule has 0 bridgehead atoms. The maximum atomic E-state index is 4.39. The van der Waals surface area contributed by atoms with Crippen LogP contribution in [-0.2, 0) is 0 Å². The number of hydrogen-bond donors (Lipinski definition) is 3. The molecule has 98 valence electrons. The van der Waals surface area contributed by atoms with Gasteiger partial charge in [-0.15, -0.1) is 0 Å². The van der Waals surface area contributed by atoms with E-state index in [1.54, 1.807) is 0 Å². The second-order valence-corrected chi connectivity index (χ2v) is 8.62. The van der Waals surface area contributed by atoms with Crippen LogP contribution in [0.3, 0.4) is 0 Å². The number of hydrogen-bond acceptors (Lipinski definition) is 6. The lowest BCUT2D eigenvalue weighted by Gasteiger charge is -2.13. The van der Waals surface area contributed by atoms with Gasteiger partial charge in [-0.3, -0.25) is 0 Å². The van der Waals surface area contributed by atoms with Gasteiger partial charge in [-0.1, -0.05) is 6.92 Å². The Morgan fingerprint density at radius 3 is 2.25 bits per heavy atom. The summed E-state index contributed by atoms with van der Waals surface area (Å²) >= 11 is 19.0. The zero-order chi connectivity index (χ0) is 12.2. The third-order valence-electron chi connectivity index (χ3n) is 1.84. The summed E-state index contributed by atoms with van der Waals surface area (Å²) in [4.78, 5) is 0. The maximum absolute atomic E-state index is 4.39. The van der Waals surface area contributed by atoms with Crippen molar-refractivity contribution in [2.24, 2.45) is 0 Å². The smallest absolute Gasteiger partial charge is 0.0226 e. The first-order chi connectivity index (χ1) is 7.74. The molecule has 2 atom stereocenters. The molecular weight excluding hydrogens is 313 g/mol. The average molecular weight is 335 g/mol. The Morgan fingerprint density at radius 1 is 0.938 bits per heavy atom. The summed E-state index contributed by atoms with van der Waals surface area (Å²) in [5.74, 6) is 7.77. The van der Waals surface area contributed by atoms with Gasteiger partial charge in [0.1, 0.15) is 0 Å². The molecule has 0 aromatic rings. The molecule has 0 aromatic heterocycles. The predicted molar refractivity (Wildman–Crippen MR) is 97.1 cm³/mol. The number of rotatable bonds is 11. The van der Waals surface area contributed by atoms with E-state index in [1.165, 1.54) is 17.3 Å². The van der Waals surface area contributed by atoms with Gasteiger partial charge in [-0.2, -0.15) is 73.2 Å². The van der Waals surface area contributed by atoms with Gasteiger partial charge in [-0.25, -0.2) is 0 Å². The molecule has 0 heterocycles. The summed E-state index contributed by atoms with van der Waals surface area (Å²) in [5, 5.41) is 1.37. The van der Waals surface area contributed by atoms with Crippen molar-refractivity contribution >= 4 is 73.2 Å². The van der Waals surface area contributed by atoms with Crippen molar-refractivity contribution in [2.45, 2.75) is 17.4 Å². The summed E-state index contributed by atoms with van der Waals surface area (Å²) in [6.45, 7) is 2.24. The Balaban J connectivity index is 3.33. The Kier molecular flexibility index (Phi) is 15.3. The molecule has 0 aliphatic rings. The summed E-state index contributed by atoms with van der Waals surface area (Å²) in [5.41, 5.74) is 0. The van der Waals surface area contributed by atoms with Crippen LogP contribution in [0.4, 0.5) is 0 Å². The van der Waals surface area contributed by atoms with E-state index in [1.807, 2.05) is 35.3 Å². The van der Waals surface area contributed by atoms with E-state index in [2.05, 4.69) is 44.8 Å². The minimum absolute atomic E-state index is 0.683. The van der Waals surface area contributed by atoms with Crippen molar-refractivity contribution in [3.63, 3.8) is 0 Å². The normalized spacial score (nSPS) is 15.0. The van der Waals surface area contributed by atoms with E-state index in [4.69, 9.17) is 0 Å². The lowest BCUT2D eigenvalue weighted by molar-refractivity contribution is 1.13. The van der Waals surface area contributed by atoms with Gasteiger partial charge in [0.15, 0.2) is 0 Å². The Labute approximate surface area is 130 Å². The molecule has 2 unspecified atom stereocenters. The van der Waals surface area contributed by atoms with Gasteiger partial charge in [0.2, 0.25) is 0 Å². The average Bonchev–Trinajstić information content (AvgIpc) is 2.32. The standard InChI is InChI=1S/C10H22S6/c1-9(6-12)15-5-4-14-8-10(7-13)16-3-2-11/h9-13H,2-8H2,1H3. The number of thioether (sulfide) groups is 3. The molecule has 0 saturated carbocycles. The van der Waals surface area contributed by atoms with Gasteiger partial charge < -0.3 is 0 Å². The molecule has 0 fully saturated rings. The van der Waals surface area contributed by atoms with Crippen LogP contribution in [0.1, 0.15) is 6.92 Å². The minimum atomic E-state index is 0.683. The van der Waals surface area contributed by atoms with E-state index < -0.39 is 0 Å². The molecule has 0 amide bonds. The Bertz CT molecular complexity index is 143. The molecule has 0 aliphatic heterocycles. The fourth-order valence-corrected chi connectivity index (χ4v) is 5.33. The molecule has 6 heteroatoms. The van der Waals surface area contributed by atoms with Crippen LogP contribution in [0, 0.1) is 0 Å². The zero-order valence-electron chi connectivity index (χ0n) is 9.67. The highest BCUT2D eigenvalue weighted by molar-refractivity contribution is 8.05. The second-order valence-electron chi connectivity index (χ2n) is 3.34. The van der Waals surface area contributed by atoms with Crippen molar-refractivity contribution in [3.8, 4) is 0 Å². The van der Waals surface area contributed by atoms with Crippen LogP contribution < -0.4 is 0 Å². The van der Waals surface area contributed by atoms with Gasteiger partial charge in [0.05, 0.1) is 0 Å². The summed E-state index contributed by atoms with van der Waals surface area (Å²) in [6, 6.07) is 0. The molecule has 0 rings (SSSR count). The predicted octanol–water partition coefficient (Wildman–Crippen LogP) is 3.73. The van der Waals surface area contributed by atoms with Gasteiger partial charge >= 0.3 is 0 Å². The second kappa shape index (κ2) is 13.5. The van der Waals surface area contributed by atoms with Crippen LogP contribution in [0.2, 0.25) is 0 Å². The van der Waals surface area contributed by atoms with E-state index in [-0.39, 0.29) is 0 Å². The summed E-state index contributed by atoms with van der Waals surface area (Å²) < 4.78 is 0. The SMILES string of the molecule is CC(CS)SCCSCC(CS)SCCS. The molecular formula is C10H22S6. The molecule has 0 spiro atoms. The van der Waals surface area contributed by atoms with E-state index >= 15 is 0 Å². The zero-order valence-corrected chi connectivity index (χ0v) is 14.8. The van der Waals surface area contributed by atoms with Crippen molar-refractivity contribution < 1.29 is 0 Å². The van der Waals surface area contributed by atoms with Crippen molar-refractivity contribution in [2.75, 3.05) is 40.3 Å². The molecule has 0 aliphatic carbocycles. The first-order valence-electron chi connectivity index (χ1n) is 5.38. The van der Waals surface area contributed by atoms with Crippen LogP contribution in [-0.4, -0.2) is 50.8 Å². The minimum Gasteiger partial charge on any atom is -0.179 e. The molecule has 0 saturated heterocycles.